The maximum Gasteiger partial charge on any atom is 0.242 e. The van der Waals surface area contributed by atoms with Gasteiger partial charge in [-0.25, -0.2) is 0 Å². The Hall–Kier alpha value is -0.850. The van der Waals surface area contributed by atoms with E-state index in [1.807, 2.05) is 20.8 Å². The molecule has 0 spiro atoms. The summed E-state index contributed by atoms with van der Waals surface area (Å²) in [6.07, 6.45) is -0.164. The molecule has 0 aliphatic carbocycles. The summed E-state index contributed by atoms with van der Waals surface area (Å²) in [4.78, 5) is 23.4. The molecule has 6 nitrogen and oxygen atoms in total. The van der Waals surface area contributed by atoms with E-state index in [2.05, 4.69) is 10.6 Å². The van der Waals surface area contributed by atoms with Crippen molar-refractivity contribution in [3.63, 3.8) is 0 Å². The zero-order valence-corrected chi connectivity index (χ0v) is 13.1. The summed E-state index contributed by atoms with van der Waals surface area (Å²) in [5.74, 6) is -0.457. The first-order valence-corrected chi connectivity index (χ1v) is 6.04. The van der Waals surface area contributed by atoms with E-state index in [1.165, 1.54) is 7.11 Å². The lowest BCUT2D eigenvalue weighted by molar-refractivity contribution is -0.130. The maximum atomic E-state index is 11.7. The van der Waals surface area contributed by atoms with Crippen molar-refractivity contribution in [3.05, 3.63) is 0 Å². The van der Waals surface area contributed by atoms with E-state index in [0.29, 0.717) is 0 Å². The molecule has 2 atom stereocenters. The standard InChI is InChI=1S/C12H25N3O3.ClH/c1-8(11(17)15-12(2,3)4)14-10(16)6-9(7-13)18-5;/h8-9H,6-7,13H2,1-5H3,(H,14,16)(H,15,17);1H. The molecule has 0 aromatic heterocycles. The van der Waals surface area contributed by atoms with E-state index < -0.39 is 6.04 Å². The van der Waals surface area contributed by atoms with E-state index in [-0.39, 0.29) is 48.8 Å². The molecule has 0 heterocycles. The highest BCUT2D eigenvalue weighted by Gasteiger charge is 2.21. The van der Waals surface area contributed by atoms with Gasteiger partial charge in [0.25, 0.3) is 0 Å². The highest BCUT2D eigenvalue weighted by atomic mass is 35.5. The highest BCUT2D eigenvalue weighted by molar-refractivity contribution is 5.87. The lowest BCUT2D eigenvalue weighted by atomic mass is 10.1. The average molecular weight is 296 g/mol. The summed E-state index contributed by atoms with van der Waals surface area (Å²) >= 11 is 0. The number of rotatable bonds is 6. The van der Waals surface area contributed by atoms with Crippen LogP contribution in [-0.2, 0) is 14.3 Å². The molecule has 0 aliphatic heterocycles. The molecule has 7 heteroatoms. The van der Waals surface area contributed by atoms with Crippen molar-refractivity contribution in [2.75, 3.05) is 13.7 Å². The fraction of sp³-hybridized carbons (Fsp3) is 0.833. The van der Waals surface area contributed by atoms with Gasteiger partial charge >= 0.3 is 0 Å². The third kappa shape index (κ3) is 9.69. The van der Waals surface area contributed by atoms with Gasteiger partial charge in [0.05, 0.1) is 12.5 Å². The second-order valence-corrected chi connectivity index (χ2v) is 5.33. The number of halogens is 1. The number of amides is 2. The number of nitrogens with two attached hydrogens (primary N) is 1. The van der Waals surface area contributed by atoms with Crippen molar-refractivity contribution in [2.45, 2.75) is 51.8 Å². The fourth-order valence-corrected chi connectivity index (χ4v) is 1.31. The van der Waals surface area contributed by atoms with Crippen LogP contribution in [0, 0.1) is 0 Å². The van der Waals surface area contributed by atoms with Crippen molar-refractivity contribution in [3.8, 4) is 0 Å². The molecule has 0 saturated carbocycles. The second kappa shape index (κ2) is 9.12. The van der Waals surface area contributed by atoms with Crippen LogP contribution in [0.3, 0.4) is 0 Å². The monoisotopic (exact) mass is 295 g/mol. The quantitative estimate of drug-likeness (QED) is 0.652. The van der Waals surface area contributed by atoms with E-state index in [9.17, 15) is 9.59 Å². The van der Waals surface area contributed by atoms with E-state index in [0.717, 1.165) is 0 Å². The van der Waals surface area contributed by atoms with Gasteiger partial charge in [0, 0.05) is 19.2 Å². The SMILES string of the molecule is COC(CN)CC(=O)NC(C)C(=O)NC(C)(C)C.Cl. The van der Waals surface area contributed by atoms with Crippen molar-refractivity contribution in [2.24, 2.45) is 5.73 Å². The topological polar surface area (TPSA) is 93.4 Å². The number of methoxy groups -OCH3 is 1. The van der Waals surface area contributed by atoms with Crippen LogP contribution in [0.2, 0.25) is 0 Å². The molecular formula is C12H26ClN3O3. The second-order valence-electron chi connectivity index (χ2n) is 5.33. The van der Waals surface area contributed by atoms with Crippen LogP contribution in [0.4, 0.5) is 0 Å². The number of hydrogen-bond acceptors (Lipinski definition) is 4. The minimum absolute atomic E-state index is 0. The Morgan fingerprint density at radius 1 is 1.32 bits per heavy atom. The Kier molecular flexibility index (Phi) is 9.82. The smallest absolute Gasteiger partial charge is 0.242 e. The van der Waals surface area contributed by atoms with Gasteiger partial charge in [-0.1, -0.05) is 0 Å². The van der Waals surface area contributed by atoms with Crippen molar-refractivity contribution in [1.29, 1.82) is 0 Å². The Morgan fingerprint density at radius 3 is 2.21 bits per heavy atom. The molecule has 0 bridgehead atoms. The molecule has 2 unspecified atom stereocenters. The molecular weight excluding hydrogens is 270 g/mol. The highest BCUT2D eigenvalue weighted by Crippen LogP contribution is 2.00. The molecule has 19 heavy (non-hydrogen) atoms. The van der Waals surface area contributed by atoms with E-state index in [1.54, 1.807) is 6.92 Å². The molecule has 0 saturated heterocycles. The molecule has 0 fully saturated rings. The molecule has 0 rings (SSSR count). The van der Waals surface area contributed by atoms with Crippen LogP contribution < -0.4 is 16.4 Å². The number of hydrogen-bond donors (Lipinski definition) is 3. The number of ether oxygens (including phenoxy) is 1. The largest absolute Gasteiger partial charge is 0.380 e. The summed E-state index contributed by atoms with van der Waals surface area (Å²) in [6.45, 7) is 7.56. The van der Waals surface area contributed by atoms with Crippen LogP contribution in [0.1, 0.15) is 34.1 Å². The summed E-state index contributed by atoms with van der Waals surface area (Å²) < 4.78 is 5.01. The Balaban J connectivity index is 0. The van der Waals surface area contributed by atoms with Gasteiger partial charge in [0.1, 0.15) is 6.04 Å². The molecule has 0 radical (unpaired) electrons. The van der Waals surface area contributed by atoms with Crippen LogP contribution in [-0.4, -0.2) is 43.2 Å². The number of nitrogens with one attached hydrogen (secondary N) is 2. The third-order valence-electron chi connectivity index (χ3n) is 2.28. The number of carbonyl (C=O) groups is 2. The van der Waals surface area contributed by atoms with Gasteiger partial charge in [-0.15, -0.1) is 12.4 Å². The Bertz CT molecular complexity index is 288. The van der Waals surface area contributed by atoms with E-state index in [4.69, 9.17) is 10.5 Å². The molecule has 114 valence electrons. The van der Waals surface area contributed by atoms with Gasteiger partial charge in [-0.05, 0) is 27.7 Å². The zero-order chi connectivity index (χ0) is 14.3. The van der Waals surface area contributed by atoms with Crippen molar-refractivity contribution >= 4 is 24.2 Å². The van der Waals surface area contributed by atoms with Crippen LogP contribution >= 0.6 is 12.4 Å². The summed E-state index contributed by atoms with van der Waals surface area (Å²) in [7, 11) is 1.50. The lowest BCUT2D eigenvalue weighted by Crippen LogP contribution is -2.51. The minimum Gasteiger partial charge on any atom is -0.380 e. The Morgan fingerprint density at radius 2 is 1.84 bits per heavy atom. The molecule has 0 aliphatic rings. The lowest BCUT2D eigenvalue weighted by Gasteiger charge is -2.24. The predicted molar refractivity (Wildman–Crippen MR) is 77.2 cm³/mol. The minimum atomic E-state index is -0.577. The molecule has 2 amide bonds. The summed E-state index contributed by atoms with van der Waals surface area (Å²) in [6, 6.07) is -0.577. The van der Waals surface area contributed by atoms with Crippen LogP contribution in [0.25, 0.3) is 0 Å². The first-order valence-electron chi connectivity index (χ1n) is 6.04. The van der Waals surface area contributed by atoms with Gasteiger partial charge in [-0.3, -0.25) is 9.59 Å². The average Bonchev–Trinajstić information content (AvgIpc) is 2.23. The summed E-state index contributed by atoms with van der Waals surface area (Å²) in [5.41, 5.74) is 5.10. The van der Waals surface area contributed by atoms with Crippen LogP contribution in [0.5, 0.6) is 0 Å². The molecule has 0 aromatic carbocycles. The zero-order valence-electron chi connectivity index (χ0n) is 12.3. The van der Waals surface area contributed by atoms with Gasteiger partial charge < -0.3 is 21.1 Å². The molecule has 4 N–H and O–H groups in total. The third-order valence-corrected chi connectivity index (χ3v) is 2.28. The van der Waals surface area contributed by atoms with Crippen molar-refractivity contribution < 1.29 is 14.3 Å². The van der Waals surface area contributed by atoms with Gasteiger partial charge in [-0.2, -0.15) is 0 Å². The van der Waals surface area contributed by atoms with Crippen LogP contribution in [0.15, 0.2) is 0 Å². The predicted octanol–water partition coefficient (Wildman–Crippen LogP) is 0.191. The van der Waals surface area contributed by atoms with E-state index >= 15 is 0 Å². The molecule has 0 aromatic rings. The maximum absolute atomic E-state index is 11.7. The van der Waals surface area contributed by atoms with Crippen molar-refractivity contribution in [1.82, 2.24) is 10.6 Å². The first-order chi connectivity index (χ1) is 8.19. The normalized spacial score (nSPS) is 14.0. The number of carbonyl (C=O) groups excluding carboxylic acids is 2. The summed E-state index contributed by atoms with van der Waals surface area (Å²) in [5, 5.41) is 5.41. The fourth-order valence-electron chi connectivity index (χ4n) is 1.31. The first kappa shape index (κ1) is 20.5. The van der Waals surface area contributed by atoms with Gasteiger partial charge in [0.15, 0.2) is 0 Å². The Labute approximate surface area is 121 Å². The van der Waals surface area contributed by atoms with Gasteiger partial charge in [0.2, 0.25) is 11.8 Å².